The Morgan fingerprint density at radius 1 is 1.19 bits per heavy atom. The molecule has 0 heterocycles. The van der Waals surface area contributed by atoms with Crippen molar-refractivity contribution in [2.45, 2.75) is 50.5 Å². The van der Waals surface area contributed by atoms with Crippen molar-refractivity contribution in [1.29, 1.82) is 0 Å². The Labute approximate surface area is 119 Å². The van der Waals surface area contributed by atoms with E-state index in [1.54, 1.807) is 5.32 Å². The second kappa shape index (κ2) is 7.46. The van der Waals surface area contributed by atoms with Crippen molar-refractivity contribution < 1.29 is 32.3 Å². The van der Waals surface area contributed by atoms with Crippen LogP contribution in [-0.2, 0) is 4.79 Å². The van der Waals surface area contributed by atoms with E-state index < -0.39 is 36.9 Å². The highest BCUT2D eigenvalue weighted by Crippen LogP contribution is 2.26. The highest BCUT2D eigenvalue weighted by Gasteiger charge is 2.41. The monoisotopic (exact) mass is 314 g/mol. The fourth-order valence-corrected chi connectivity index (χ4v) is 2.32. The number of carbonyl (C=O) groups excluding carboxylic acids is 1. The van der Waals surface area contributed by atoms with E-state index in [2.05, 4.69) is 5.32 Å². The number of carbonyl (C=O) groups is 2. The number of carboxylic acids is 1. The first-order valence-electron chi connectivity index (χ1n) is 6.67. The zero-order chi connectivity index (χ0) is 16.0. The van der Waals surface area contributed by atoms with E-state index in [4.69, 9.17) is 5.11 Å². The minimum absolute atomic E-state index is 0.280. The van der Waals surface area contributed by atoms with Crippen molar-refractivity contribution in [3.8, 4) is 0 Å². The first kappa shape index (κ1) is 17.5. The maximum atomic E-state index is 12.6. The predicted molar refractivity (Wildman–Crippen MR) is 65.5 cm³/mol. The lowest BCUT2D eigenvalue weighted by molar-refractivity contribution is -0.141. The molecular formula is C12H18F4N2O3. The number of aliphatic carboxylic acids is 1. The predicted octanol–water partition coefficient (Wildman–Crippen LogP) is 2.22. The van der Waals surface area contributed by atoms with Crippen molar-refractivity contribution in [1.82, 2.24) is 10.6 Å². The highest BCUT2D eigenvalue weighted by molar-refractivity contribution is 5.82. The van der Waals surface area contributed by atoms with Gasteiger partial charge >= 0.3 is 24.3 Å². The van der Waals surface area contributed by atoms with Crippen LogP contribution in [0, 0.1) is 5.92 Å². The second-order valence-corrected chi connectivity index (χ2v) is 5.10. The Morgan fingerprint density at radius 2 is 1.76 bits per heavy atom. The zero-order valence-corrected chi connectivity index (χ0v) is 11.3. The summed E-state index contributed by atoms with van der Waals surface area (Å²) in [5, 5.41) is 12.7. The summed E-state index contributed by atoms with van der Waals surface area (Å²) >= 11 is 0. The van der Waals surface area contributed by atoms with Gasteiger partial charge in [-0.2, -0.15) is 8.78 Å². The van der Waals surface area contributed by atoms with Gasteiger partial charge in [0.25, 0.3) is 0 Å². The van der Waals surface area contributed by atoms with Crippen LogP contribution in [0.4, 0.5) is 22.4 Å². The molecule has 0 aromatic carbocycles. The van der Waals surface area contributed by atoms with Crippen LogP contribution in [0.5, 0.6) is 0 Å². The van der Waals surface area contributed by atoms with Crippen LogP contribution in [0.3, 0.4) is 0 Å². The molecule has 3 N–H and O–H groups in total. The normalized spacial score (nSPS) is 18.3. The Kier molecular flexibility index (Phi) is 6.22. The molecule has 1 fully saturated rings. The summed E-state index contributed by atoms with van der Waals surface area (Å²) in [4.78, 5) is 22.5. The quantitative estimate of drug-likeness (QED) is 0.658. The molecule has 1 unspecified atom stereocenters. The van der Waals surface area contributed by atoms with E-state index in [-0.39, 0.29) is 5.92 Å². The zero-order valence-electron chi connectivity index (χ0n) is 11.3. The van der Waals surface area contributed by atoms with Crippen LogP contribution in [-0.4, -0.2) is 42.0 Å². The van der Waals surface area contributed by atoms with Crippen LogP contribution < -0.4 is 10.6 Å². The summed E-state index contributed by atoms with van der Waals surface area (Å²) in [5.41, 5.74) is 0. The minimum Gasteiger partial charge on any atom is -0.480 e. The molecule has 0 aromatic heterocycles. The number of alkyl halides is 4. The molecule has 0 aromatic rings. The Bertz CT molecular complexity index is 374. The minimum atomic E-state index is -4.35. The topological polar surface area (TPSA) is 78.4 Å². The van der Waals surface area contributed by atoms with Gasteiger partial charge in [-0.05, 0) is 18.8 Å². The third-order valence-electron chi connectivity index (χ3n) is 3.48. The van der Waals surface area contributed by atoms with Gasteiger partial charge in [0.05, 0.1) is 6.54 Å². The van der Waals surface area contributed by atoms with Gasteiger partial charge in [0.1, 0.15) is 6.04 Å². The molecular weight excluding hydrogens is 296 g/mol. The van der Waals surface area contributed by atoms with Gasteiger partial charge in [0.15, 0.2) is 0 Å². The van der Waals surface area contributed by atoms with Crippen LogP contribution in [0.15, 0.2) is 0 Å². The number of rotatable bonds is 6. The fraction of sp³-hybridized carbons (Fsp3) is 0.833. The van der Waals surface area contributed by atoms with Crippen molar-refractivity contribution >= 4 is 12.0 Å². The van der Waals surface area contributed by atoms with Crippen LogP contribution in [0.1, 0.15) is 32.1 Å². The van der Waals surface area contributed by atoms with Gasteiger partial charge in [-0.3, -0.25) is 0 Å². The lowest BCUT2D eigenvalue weighted by Crippen LogP contribution is -2.52. The molecule has 2 amide bonds. The van der Waals surface area contributed by atoms with Gasteiger partial charge < -0.3 is 15.7 Å². The third kappa shape index (κ3) is 5.39. The Balaban J connectivity index is 2.51. The molecule has 0 saturated heterocycles. The average molecular weight is 314 g/mol. The van der Waals surface area contributed by atoms with Gasteiger partial charge in [0.2, 0.25) is 0 Å². The number of urea groups is 1. The van der Waals surface area contributed by atoms with Crippen molar-refractivity contribution in [3.63, 3.8) is 0 Å². The maximum Gasteiger partial charge on any atom is 0.326 e. The summed E-state index contributed by atoms with van der Waals surface area (Å²) in [6.07, 6.45) is -0.0150. The summed E-state index contributed by atoms with van der Waals surface area (Å²) < 4.78 is 49.2. The number of carboxylic acid groups (broad SMARTS) is 1. The standard InChI is InChI=1S/C12H18F4N2O3/c13-10(14)12(15,16)6-17-11(21)18-8(9(19)20)7-4-2-1-3-5-7/h7-8,10H,1-6H2,(H,19,20)(H2,17,18,21). The number of hydrogen-bond acceptors (Lipinski definition) is 2. The summed E-state index contributed by atoms with van der Waals surface area (Å²) in [6, 6.07) is -2.39. The molecule has 1 rings (SSSR count). The second-order valence-electron chi connectivity index (χ2n) is 5.10. The molecule has 1 atom stereocenters. The van der Waals surface area contributed by atoms with E-state index in [0.29, 0.717) is 12.8 Å². The van der Waals surface area contributed by atoms with Gasteiger partial charge in [0, 0.05) is 0 Å². The maximum absolute atomic E-state index is 12.6. The molecule has 1 aliphatic carbocycles. The molecule has 0 spiro atoms. The molecule has 1 aliphatic rings. The SMILES string of the molecule is O=C(NCC(F)(F)C(F)F)NC(C(=O)O)C1CCCCC1. The third-order valence-corrected chi connectivity index (χ3v) is 3.48. The van der Waals surface area contributed by atoms with Crippen LogP contribution in [0.25, 0.3) is 0 Å². The molecule has 1 saturated carbocycles. The first-order chi connectivity index (χ1) is 9.74. The van der Waals surface area contributed by atoms with Crippen LogP contribution in [0.2, 0.25) is 0 Å². The number of amides is 2. The Morgan fingerprint density at radius 3 is 2.24 bits per heavy atom. The van der Waals surface area contributed by atoms with Gasteiger partial charge in [-0.15, -0.1) is 0 Å². The van der Waals surface area contributed by atoms with Gasteiger partial charge in [-0.1, -0.05) is 19.3 Å². The molecule has 9 heteroatoms. The van der Waals surface area contributed by atoms with E-state index in [9.17, 15) is 27.2 Å². The largest absolute Gasteiger partial charge is 0.480 e. The van der Waals surface area contributed by atoms with E-state index in [1.165, 1.54) is 0 Å². The van der Waals surface area contributed by atoms with Crippen molar-refractivity contribution in [2.75, 3.05) is 6.54 Å². The number of halogens is 4. The van der Waals surface area contributed by atoms with Gasteiger partial charge in [-0.25, -0.2) is 18.4 Å². The van der Waals surface area contributed by atoms with E-state index in [0.717, 1.165) is 19.3 Å². The smallest absolute Gasteiger partial charge is 0.326 e. The van der Waals surface area contributed by atoms with Crippen molar-refractivity contribution in [2.24, 2.45) is 5.92 Å². The first-order valence-corrected chi connectivity index (χ1v) is 6.67. The fourth-order valence-electron chi connectivity index (χ4n) is 2.32. The van der Waals surface area contributed by atoms with Crippen LogP contribution >= 0.6 is 0 Å². The van der Waals surface area contributed by atoms with Crippen molar-refractivity contribution in [3.05, 3.63) is 0 Å². The van der Waals surface area contributed by atoms with E-state index >= 15 is 0 Å². The number of hydrogen-bond donors (Lipinski definition) is 3. The average Bonchev–Trinajstić information content (AvgIpc) is 2.43. The highest BCUT2D eigenvalue weighted by atomic mass is 19.3. The summed E-state index contributed by atoms with van der Waals surface area (Å²) in [7, 11) is 0. The molecule has 122 valence electrons. The summed E-state index contributed by atoms with van der Waals surface area (Å²) in [5.74, 6) is -5.89. The Hall–Kier alpha value is -1.54. The van der Waals surface area contributed by atoms with E-state index in [1.807, 2.05) is 0 Å². The molecule has 5 nitrogen and oxygen atoms in total. The number of nitrogens with one attached hydrogen (secondary N) is 2. The molecule has 0 aliphatic heterocycles. The molecule has 0 bridgehead atoms. The lowest BCUT2D eigenvalue weighted by atomic mass is 9.84. The molecule has 21 heavy (non-hydrogen) atoms. The summed E-state index contributed by atoms with van der Waals surface area (Å²) in [6.45, 7) is -1.55. The lowest BCUT2D eigenvalue weighted by Gasteiger charge is -2.28. The molecule has 0 radical (unpaired) electrons.